The molecule has 5 heteroatoms. The van der Waals surface area contributed by atoms with E-state index in [1.165, 1.54) is 12.1 Å². The lowest BCUT2D eigenvalue weighted by molar-refractivity contribution is -0.384. The Bertz CT molecular complexity index is 698. The van der Waals surface area contributed by atoms with Gasteiger partial charge < -0.3 is 4.74 Å². The highest BCUT2D eigenvalue weighted by molar-refractivity contribution is 9.10. The molecule has 0 aliphatic heterocycles. The average molecular weight is 361 g/mol. The Hall–Kier alpha value is -2.14. The van der Waals surface area contributed by atoms with Gasteiger partial charge >= 0.3 is 0 Å². The van der Waals surface area contributed by atoms with Crippen molar-refractivity contribution in [2.45, 2.75) is 6.42 Å². The first-order valence-corrected chi connectivity index (χ1v) is 7.54. The van der Waals surface area contributed by atoms with Crippen molar-refractivity contribution in [3.8, 4) is 5.75 Å². The summed E-state index contributed by atoms with van der Waals surface area (Å²) in [6.07, 6.45) is 4.33. The molecule has 0 fully saturated rings. The minimum absolute atomic E-state index is 0.0359. The van der Waals surface area contributed by atoms with E-state index in [1.54, 1.807) is 6.07 Å². The SMILES string of the molecule is [CH2]CCOc1ccc([N+](=O)[O-])cc1C=Cc1ccccc1Br. The number of halogens is 1. The third-order valence-electron chi connectivity index (χ3n) is 2.95. The first-order valence-electron chi connectivity index (χ1n) is 6.75. The fourth-order valence-corrected chi connectivity index (χ4v) is 2.30. The van der Waals surface area contributed by atoms with E-state index >= 15 is 0 Å². The largest absolute Gasteiger partial charge is 0.493 e. The Labute approximate surface area is 137 Å². The summed E-state index contributed by atoms with van der Waals surface area (Å²) in [7, 11) is 0. The van der Waals surface area contributed by atoms with Crippen LogP contribution < -0.4 is 4.74 Å². The summed E-state index contributed by atoms with van der Waals surface area (Å²) in [5.41, 5.74) is 1.68. The van der Waals surface area contributed by atoms with Crippen molar-refractivity contribution in [3.63, 3.8) is 0 Å². The van der Waals surface area contributed by atoms with Crippen molar-refractivity contribution < 1.29 is 9.66 Å². The van der Waals surface area contributed by atoms with Gasteiger partial charge in [0.15, 0.2) is 0 Å². The van der Waals surface area contributed by atoms with Crippen LogP contribution in [0.4, 0.5) is 5.69 Å². The third-order valence-corrected chi connectivity index (χ3v) is 3.68. The van der Waals surface area contributed by atoms with E-state index in [-0.39, 0.29) is 5.69 Å². The zero-order valence-corrected chi connectivity index (χ0v) is 13.5. The van der Waals surface area contributed by atoms with Gasteiger partial charge in [0.05, 0.1) is 11.5 Å². The fourth-order valence-electron chi connectivity index (χ4n) is 1.88. The fraction of sp³-hybridized carbons (Fsp3) is 0.118. The van der Waals surface area contributed by atoms with Gasteiger partial charge in [0.1, 0.15) is 5.75 Å². The molecule has 2 aromatic rings. The molecule has 2 aromatic carbocycles. The van der Waals surface area contributed by atoms with E-state index in [1.807, 2.05) is 36.4 Å². The van der Waals surface area contributed by atoms with Gasteiger partial charge in [-0.05, 0) is 31.0 Å². The molecule has 0 unspecified atom stereocenters. The second kappa shape index (κ2) is 7.75. The molecule has 1 radical (unpaired) electrons. The summed E-state index contributed by atoms with van der Waals surface area (Å²) in [6, 6.07) is 12.3. The van der Waals surface area contributed by atoms with E-state index in [0.29, 0.717) is 24.3 Å². The maximum Gasteiger partial charge on any atom is 0.270 e. The van der Waals surface area contributed by atoms with Crippen molar-refractivity contribution >= 4 is 33.8 Å². The number of hydrogen-bond donors (Lipinski definition) is 0. The van der Waals surface area contributed by atoms with Crippen LogP contribution in [0, 0.1) is 17.0 Å². The second-order valence-electron chi connectivity index (χ2n) is 4.54. The molecule has 4 nitrogen and oxygen atoms in total. The van der Waals surface area contributed by atoms with Gasteiger partial charge in [-0.25, -0.2) is 0 Å². The van der Waals surface area contributed by atoms with Crippen LogP contribution >= 0.6 is 15.9 Å². The predicted molar refractivity (Wildman–Crippen MR) is 91.6 cm³/mol. The molecule has 0 aliphatic rings. The zero-order chi connectivity index (χ0) is 15.9. The molecule has 0 spiro atoms. The van der Waals surface area contributed by atoms with Crippen LogP contribution in [-0.4, -0.2) is 11.5 Å². The van der Waals surface area contributed by atoms with Crippen LogP contribution in [0.25, 0.3) is 12.2 Å². The van der Waals surface area contributed by atoms with Crippen molar-refractivity contribution in [3.05, 3.63) is 75.1 Å². The van der Waals surface area contributed by atoms with Crippen LogP contribution in [0.15, 0.2) is 46.9 Å². The van der Waals surface area contributed by atoms with Crippen LogP contribution in [-0.2, 0) is 0 Å². The number of nitro groups is 1. The molecular formula is C17H15BrNO3. The Morgan fingerprint density at radius 3 is 2.59 bits per heavy atom. The highest BCUT2D eigenvalue weighted by Crippen LogP contribution is 2.27. The van der Waals surface area contributed by atoms with Crippen molar-refractivity contribution in [1.82, 2.24) is 0 Å². The first kappa shape index (κ1) is 16.2. The van der Waals surface area contributed by atoms with Gasteiger partial charge in [0.2, 0.25) is 0 Å². The van der Waals surface area contributed by atoms with Gasteiger partial charge in [0.25, 0.3) is 5.69 Å². The molecular weight excluding hydrogens is 346 g/mol. The molecule has 2 rings (SSSR count). The summed E-state index contributed by atoms with van der Waals surface area (Å²) in [5.74, 6) is 0.609. The number of non-ortho nitro benzene ring substituents is 1. The number of nitro benzene ring substituents is 1. The summed E-state index contributed by atoms with van der Waals surface area (Å²) in [6.45, 7) is 4.19. The number of rotatable bonds is 6. The van der Waals surface area contributed by atoms with E-state index < -0.39 is 4.92 Å². The molecule has 113 valence electrons. The quantitative estimate of drug-likeness (QED) is 0.407. The molecule has 0 bridgehead atoms. The van der Waals surface area contributed by atoms with E-state index in [9.17, 15) is 10.1 Å². The summed E-state index contributed by atoms with van der Waals surface area (Å²) in [5, 5.41) is 10.9. The van der Waals surface area contributed by atoms with Crippen molar-refractivity contribution in [2.24, 2.45) is 0 Å². The summed E-state index contributed by atoms with van der Waals surface area (Å²) >= 11 is 3.47. The molecule has 0 atom stereocenters. The lowest BCUT2D eigenvalue weighted by Crippen LogP contribution is -1.98. The van der Waals surface area contributed by atoms with Crippen molar-refractivity contribution in [1.29, 1.82) is 0 Å². The number of hydrogen-bond acceptors (Lipinski definition) is 3. The molecule has 0 aromatic heterocycles. The smallest absolute Gasteiger partial charge is 0.270 e. The minimum atomic E-state index is -0.416. The second-order valence-corrected chi connectivity index (χ2v) is 5.39. The Morgan fingerprint density at radius 1 is 1.18 bits per heavy atom. The number of benzene rings is 2. The van der Waals surface area contributed by atoms with Gasteiger partial charge in [-0.1, -0.05) is 46.3 Å². The number of nitrogens with zero attached hydrogens (tertiary/aromatic N) is 1. The molecule has 0 aliphatic carbocycles. The maximum absolute atomic E-state index is 10.9. The molecule has 0 N–H and O–H groups in total. The molecule has 0 saturated heterocycles. The minimum Gasteiger partial charge on any atom is -0.493 e. The van der Waals surface area contributed by atoms with Crippen LogP contribution in [0.2, 0.25) is 0 Å². The first-order chi connectivity index (χ1) is 10.6. The molecule has 0 amide bonds. The topological polar surface area (TPSA) is 52.4 Å². The normalized spacial score (nSPS) is 10.8. The van der Waals surface area contributed by atoms with E-state index in [0.717, 1.165) is 10.0 Å². The summed E-state index contributed by atoms with van der Waals surface area (Å²) < 4.78 is 6.55. The average Bonchev–Trinajstić information content (AvgIpc) is 2.52. The van der Waals surface area contributed by atoms with E-state index in [2.05, 4.69) is 22.9 Å². The predicted octanol–water partition coefficient (Wildman–Crippen LogP) is 5.13. The molecule has 0 heterocycles. The third kappa shape index (κ3) is 4.18. The van der Waals surface area contributed by atoms with Gasteiger partial charge in [-0.3, -0.25) is 10.1 Å². The number of ether oxygens (including phenoxy) is 1. The van der Waals surface area contributed by atoms with Crippen LogP contribution in [0.3, 0.4) is 0 Å². The standard InChI is InChI=1S/C17H15BrNO3/c1-2-11-22-17-10-9-15(19(20)21)12-14(17)8-7-13-5-3-4-6-16(13)18/h3-10,12H,1-2,11H2. The zero-order valence-electron chi connectivity index (χ0n) is 11.9. The van der Waals surface area contributed by atoms with Crippen molar-refractivity contribution in [2.75, 3.05) is 6.61 Å². The van der Waals surface area contributed by atoms with Gasteiger partial charge in [-0.2, -0.15) is 0 Å². The van der Waals surface area contributed by atoms with E-state index in [4.69, 9.17) is 4.74 Å². The summed E-state index contributed by atoms with van der Waals surface area (Å²) in [4.78, 5) is 10.5. The molecule has 0 saturated carbocycles. The van der Waals surface area contributed by atoms with Crippen LogP contribution in [0.1, 0.15) is 17.5 Å². The Kier molecular flexibility index (Phi) is 5.72. The Morgan fingerprint density at radius 2 is 1.91 bits per heavy atom. The monoisotopic (exact) mass is 360 g/mol. The lowest BCUT2D eigenvalue weighted by atomic mass is 10.1. The van der Waals surface area contributed by atoms with Gasteiger partial charge in [0, 0.05) is 22.2 Å². The Balaban J connectivity index is 2.35. The maximum atomic E-state index is 10.9. The highest BCUT2D eigenvalue weighted by Gasteiger charge is 2.10. The lowest BCUT2D eigenvalue weighted by Gasteiger charge is -2.08. The highest BCUT2D eigenvalue weighted by atomic mass is 79.9. The van der Waals surface area contributed by atoms with Crippen LogP contribution in [0.5, 0.6) is 5.75 Å². The van der Waals surface area contributed by atoms with Gasteiger partial charge in [-0.15, -0.1) is 0 Å². The molecule has 22 heavy (non-hydrogen) atoms.